The molecular weight excluding hydrogens is 506 g/mol. The van der Waals surface area contributed by atoms with Gasteiger partial charge in [-0.3, -0.25) is 4.79 Å². The van der Waals surface area contributed by atoms with Gasteiger partial charge >= 0.3 is 0 Å². The number of hydrogen-bond donors (Lipinski definition) is 5. The number of carbonyl (C=O) groups is 1. The lowest BCUT2D eigenvalue weighted by Crippen LogP contribution is -2.38. The molecule has 5 N–H and O–H groups in total. The van der Waals surface area contributed by atoms with Crippen molar-refractivity contribution < 1.29 is 30.3 Å². The summed E-state index contributed by atoms with van der Waals surface area (Å²) in [5.74, 6) is -0.336. The van der Waals surface area contributed by atoms with E-state index in [1.807, 2.05) is 54.6 Å². The Morgan fingerprint density at radius 2 is 1.80 bits per heavy atom. The molecule has 2 aromatic rings. The van der Waals surface area contributed by atoms with Crippen molar-refractivity contribution in [2.75, 3.05) is 7.05 Å². The Balaban J connectivity index is 1.39. The predicted molar refractivity (Wildman–Crippen MR) is 156 cm³/mol. The van der Waals surface area contributed by atoms with Gasteiger partial charge in [-0.05, 0) is 67.7 Å². The number of aromatic hydroxyl groups is 1. The number of nitrogens with zero attached hydrogens (tertiary/aromatic N) is 1. The molecule has 1 aliphatic carbocycles. The number of benzene rings is 2. The molecule has 0 aromatic heterocycles. The molecule has 1 aliphatic rings. The highest BCUT2D eigenvalue weighted by molar-refractivity contribution is 5.76. The Morgan fingerprint density at radius 3 is 2.52 bits per heavy atom. The van der Waals surface area contributed by atoms with Crippen LogP contribution in [-0.4, -0.2) is 67.9 Å². The Labute approximate surface area is 238 Å². The third-order valence-corrected chi connectivity index (χ3v) is 7.91. The predicted octanol–water partition coefficient (Wildman–Crippen LogP) is 4.04. The number of amides is 1. The molecule has 0 saturated heterocycles. The fourth-order valence-electron chi connectivity index (χ4n) is 5.23. The van der Waals surface area contributed by atoms with Crippen LogP contribution < -0.4 is 0 Å². The highest BCUT2D eigenvalue weighted by atomic mass is 16.3. The molecule has 2 aromatic carbocycles. The van der Waals surface area contributed by atoms with Crippen LogP contribution in [0.1, 0.15) is 55.2 Å². The van der Waals surface area contributed by atoms with Crippen LogP contribution in [0.3, 0.4) is 0 Å². The summed E-state index contributed by atoms with van der Waals surface area (Å²) in [5.41, 5.74) is 2.68. The van der Waals surface area contributed by atoms with E-state index in [0.717, 1.165) is 17.5 Å². The van der Waals surface area contributed by atoms with Gasteiger partial charge in [-0.15, -0.1) is 0 Å². The van der Waals surface area contributed by atoms with E-state index in [9.17, 15) is 30.3 Å². The van der Waals surface area contributed by atoms with E-state index in [1.165, 1.54) is 10.5 Å². The maximum absolute atomic E-state index is 12.5. The second kappa shape index (κ2) is 15.7. The number of aliphatic hydroxyl groups excluding tert-OH is 4. The minimum Gasteiger partial charge on any atom is -0.508 e. The summed E-state index contributed by atoms with van der Waals surface area (Å²) in [7, 11) is 1.58. The van der Waals surface area contributed by atoms with E-state index in [1.54, 1.807) is 32.2 Å². The first-order valence-corrected chi connectivity index (χ1v) is 14.3. The molecular formula is C33H45NO6. The van der Waals surface area contributed by atoms with Gasteiger partial charge in [0.1, 0.15) is 12.0 Å². The van der Waals surface area contributed by atoms with E-state index in [-0.39, 0.29) is 29.9 Å². The molecule has 1 unspecified atom stereocenters. The average molecular weight is 552 g/mol. The first kappa shape index (κ1) is 31.6. The number of unbranched alkanes of at least 4 members (excludes halogenated alkanes) is 1. The van der Waals surface area contributed by atoms with Crippen LogP contribution in [0, 0.1) is 18.8 Å². The summed E-state index contributed by atoms with van der Waals surface area (Å²) >= 11 is 0. The monoisotopic (exact) mass is 551 g/mol. The first-order chi connectivity index (χ1) is 19.2. The molecule has 0 heterocycles. The molecule has 7 heteroatoms. The van der Waals surface area contributed by atoms with Gasteiger partial charge in [-0.2, -0.15) is 0 Å². The first-order valence-electron chi connectivity index (χ1n) is 14.3. The lowest BCUT2D eigenvalue weighted by molar-refractivity contribution is -0.138. The highest BCUT2D eigenvalue weighted by Gasteiger charge is 2.39. The van der Waals surface area contributed by atoms with E-state index >= 15 is 0 Å². The van der Waals surface area contributed by atoms with Crippen LogP contribution in [-0.2, 0) is 17.6 Å². The van der Waals surface area contributed by atoms with Gasteiger partial charge in [-0.1, -0.05) is 66.8 Å². The van der Waals surface area contributed by atoms with Crippen molar-refractivity contribution in [2.24, 2.45) is 11.8 Å². The van der Waals surface area contributed by atoms with Crippen LogP contribution >= 0.6 is 0 Å². The number of phenols is 1. The molecule has 6 atom stereocenters. The third-order valence-electron chi connectivity index (χ3n) is 7.91. The lowest BCUT2D eigenvalue weighted by atomic mass is 9.89. The number of carbonyl (C=O) groups excluding carboxylic acids is 1. The maximum atomic E-state index is 12.5. The summed E-state index contributed by atoms with van der Waals surface area (Å²) in [6.45, 7) is 1.80. The summed E-state index contributed by atoms with van der Waals surface area (Å²) in [6.07, 6.45) is 8.88. The number of aryl methyl sites for hydroxylation is 2. The van der Waals surface area contributed by atoms with Crippen LogP contribution in [0.5, 0.6) is 5.75 Å². The summed E-state index contributed by atoms with van der Waals surface area (Å²) in [6, 6.07) is 15.2. The summed E-state index contributed by atoms with van der Waals surface area (Å²) in [4.78, 5) is 13.9. The molecule has 1 amide bonds. The third kappa shape index (κ3) is 9.59. The summed E-state index contributed by atoms with van der Waals surface area (Å²) < 4.78 is 0. The van der Waals surface area contributed by atoms with Gasteiger partial charge in [0.15, 0.2) is 0 Å². The number of aliphatic hydroxyl groups is 4. The molecule has 0 radical (unpaired) electrons. The molecule has 40 heavy (non-hydrogen) atoms. The summed E-state index contributed by atoms with van der Waals surface area (Å²) in [5, 5.41) is 51.7. The standard InChI is InChI=1S/C33H45NO6/c1-23-14-15-25(20-29(23)36)21-33(40)34(2)32(39)13-9-4-3-8-12-27-28(31(38)22-30(27)37)19-18-26(35)17-16-24-10-6-5-7-11-24/h3,5-8,10-11,14-15,18-20,26-28,30-31,33,35-38,40H,4,9,12-13,16-17,21-22H2,1-2H3/b8-3-,19-18+/t26-,27+,28+,30-,31+,33?/m0/s1. The van der Waals surface area contributed by atoms with Gasteiger partial charge in [-0.25, -0.2) is 0 Å². The molecule has 0 aliphatic heterocycles. The van der Waals surface area contributed by atoms with Crippen LogP contribution in [0.4, 0.5) is 0 Å². The fourth-order valence-corrected chi connectivity index (χ4v) is 5.23. The molecule has 218 valence electrons. The van der Waals surface area contributed by atoms with E-state index in [0.29, 0.717) is 38.5 Å². The van der Waals surface area contributed by atoms with E-state index in [4.69, 9.17) is 0 Å². The van der Waals surface area contributed by atoms with Gasteiger partial charge in [0.2, 0.25) is 5.91 Å². The zero-order valence-corrected chi connectivity index (χ0v) is 23.6. The number of phenolic OH excluding ortho intramolecular Hbond substituents is 1. The second-order valence-electron chi connectivity index (χ2n) is 11.0. The Morgan fingerprint density at radius 1 is 1.05 bits per heavy atom. The van der Waals surface area contributed by atoms with Crippen molar-refractivity contribution in [3.05, 3.63) is 89.5 Å². The minimum absolute atomic E-state index is 0.132. The zero-order chi connectivity index (χ0) is 29.1. The van der Waals surface area contributed by atoms with Gasteiger partial charge in [0.05, 0.1) is 18.3 Å². The van der Waals surface area contributed by atoms with Gasteiger partial charge in [0, 0.05) is 32.2 Å². The smallest absolute Gasteiger partial charge is 0.224 e. The molecule has 1 saturated carbocycles. The van der Waals surface area contributed by atoms with Crippen molar-refractivity contribution in [3.8, 4) is 5.75 Å². The van der Waals surface area contributed by atoms with Crippen LogP contribution in [0.15, 0.2) is 72.8 Å². The largest absolute Gasteiger partial charge is 0.508 e. The van der Waals surface area contributed by atoms with Crippen molar-refractivity contribution in [1.29, 1.82) is 0 Å². The van der Waals surface area contributed by atoms with Crippen molar-refractivity contribution >= 4 is 5.91 Å². The van der Waals surface area contributed by atoms with Crippen LogP contribution in [0.2, 0.25) is 0 Å². The van der Waals surface area contributed by atoms with Crippen molar-refractivity contribution in [3.63, 3.8) is 0 Å². The number of hydrogen-bond acceptors (Lipinski definition) is 6. The molecule has 1 fully saturated rings. The molecule has 0 bridgehead atoms. The minimum atomic E-state index is -0.970. The molecule has 7 nitrogen and oxygen atoms in total. The zero-order valence-electron chi connectivity index (χ0n) is 23.6. The fraction of sp³-hybridized carbons (Fsp3) is 0.485. The van der Waals surface area contributed by atoms with E-state index < -0.39 is 24.5 Å². The Bertz CT molecular complexity index is 1120. The number of likely N-dealkylation sites (N-methyl/N-ethyl adjacent to an activating group) is 1. The average Bonchev–Trinajstić information content (AvgIpc) is 3.21. The van der Waals surface area contributed by atoms with E-state index in [2.05, 4.69) is 0 Å². The van der Waals surface area contributed by atoms with Crippen molar-refractivity contribution in [1.82, 2.24) is 4.90 Å². The van der Waals surface area contributed by atoms with Crippen LogP contribution in [0.25, 0.3) is 0 Å². The topological polar surface area (TPSA) is 121 Å². The Hall–Kier alpha value is -2.97. The lowest BCUT2D eigenvalue weighted by Gasteiger charge is -2.24. The molecule has 3 rings (SSSR count). The van der Waals surface area contributed by atoms with Crippen molar-refractivity contribution in [2.45, 2.75) is 82.8 Å². The highest BCUT2D eigenvalue weighted by Crippen LogP contribution is 2.36. The molecule has 0 spiro atoms. The van der Waals surface area contributed by atoms with Gasteiger partial charge < -0.3 is 30.4 Å². The maximum Gasteiger partial charge on any atom is 0.224 e. The quantitative estimate of drug-likeness (QED) is 0.137. The SMILES string of the molecule is Cc1ccc(CC(O)N(C)C(=O)CCC/C=C\C[C@@H]2[C@@H](/C=C/[C@@H](O)CCc3ccccc3)[C@H](O)C[C@@H]2O)cc1O. The number of rotatable bonds is 14. The normalized spacial score (nSPS) is 22.6. The van der Waals surface area contributed by atoms with Gasteiger partial charge in [0.25, 0.3) is 0 Å². The second-order valence-corrected chi connectivity index (χ2v) is 11.0. The number of allylic oxidation sites excluding steroid dienone is 2. The Kier molecular flexibility index (Phi) is 12.4.